The molecule has 9 heteroatoms. The molecule has 0 radical (unpaired) electrons. The second-order valence-electron chi connectivity index (χ2n) is 5.67. The maximum Gasteiger partial charge on any atom is 0.293 e. The molecule has 2 N–H and O–H groups in total. The van der Waals surface area contributed by atoms with Gasteiger partial charge in [0.1, 0.15) is 18.1 Å². The zero-order valence-electron chi connectivity index (χ0n) is 13.9. The summed E-state index contributed by atoms with van der Waals surface area (Å²) in [7, 11) is -3.29. The molecule has 0 fully saturated rings. The molecule has 2 heterocycles. The van der Waals surface area contributed by atoms with E-state index in [0.717, 1.165) is 17.2 Å². The fourth-order valence-electron chi connectivity index (χ4n) is 2.52. The number of pyridine rings is 1. The van der Waals surface area contributed by atoms with Crippen molar-refractivity contribution in [3.63, 3.8) is 0 Å². The van der Waals surface area contributed by atoms with Gasteiger partial charge in [0.25, 0.3) is 5.91 Å². The molecular weight excluding hydrogens is 358 g/mol. The van der Waals surface area contributed by atoms with Gasteiger partial charge in [-0.1, -0.05) is 6.07 Å². The van der Waals surface area contributed by atoms with Crippen LogP contribution in [0.15, 0.2) is 53.7 Å². The standard InChI is InChI=1S/C17H17N3O5S/c1-26(23,24)14-4-2-3-13(9-14)25-8-7-20-6-5-12-11-18-15(10-16(12)20)17(21)19-22/h2-6,9-11,22H,7-8H2,1H3,(H,19,21). The number of amides is 1. The number of nitrogens with one attached hydrogen (secondary N) is 1. The quantitative estimate of drug-likeness (QED) is 0.501. The summed E-state index contributed by atoms with van der Waals surface area (Å²) in [6.45, 7) is 0.789. The lowest BCUT2D eigenvalue weighted by atomic mass is 10.2. The lowest BCUT2D eigenvalue weighted by molar-refractivity contribution is 0.0701. The summed E-state index contributed by atoms with van der Waals surface area (Å²) >= 11 is 0. The molecule has 26 heavy (non-hydrogen) atoms. The number of aromatic nitrogens is 2. The van der Waals surface area contributed by atoms with Crippen molar-refractivity contribution in [3.05, 3.63) is 54.5 Å². The normalized spacial score (nSPS) is 11.5. The van der Waals surface area contributed by atoms with Gasteiger partial charge in [-0.3, -0.25) is 15.0 Å². The first kappa shape index (κ1) is 17.9. The van der Waals surface area contributed by atoms with Crippen LogP contribution in [0.4, 0.5) is 0 Å². The van der Waals surface area contributed by atoms with Crippen molar-refractivity contribution in [2.45, 2.75) is 11.4 Å². The fourth-order valence-corrected chi connectivity index (χ4v) is 3.17. The lowest BCUT2D eigenvalue weighted by Gasteiger charge is -2.09. The number of hydrogen-bond donors (Lipinski definition) is 2. The molecule has 3 aromatic rings. The van der Waals surface area contributed by atoms with Crippen molar-refractivity contribution >= 4 is 26.6 Å². The number of sulfone groups is 1. The van der Waals surface area contributed by atoms with Crippen molar-refractivity contribution in [3.8, 4) is 5.75 Å². The molecule has 0 aliphatic carbocycles. The number of rotatable bonds is 6. The van der Waals surface area contributed by atoms with E-state index >= 15 is 0 Å². The van der Waals surface area contributed by atoms with Crippen LogP contribution in [0.1, 0.15) is 10.5 Å². The third-order valence-electron chi connectivity index (χ3n) is 3.82. The van der Waals surface area contributed by atoms with E-state index in [-0.39, 0.29) is 10.6 Å². The van der Waals surface area contributed by atoms with Crippen LogP contribution in [-0.2, 0) is 16.4 Å². The van der Waals surface area contributed by atoms with E-state index < -0.39 is 15.7 Å². The minimum Gasteiger partial charge on any atom is -0.492 e. The topological polar surface area (TPSA) is 111 Å². The highest BCUT2D eigenvalue weighted by atomic mass is 32.2. The zero-order chi connectivity index (χ0) is 18.7. The minimum absolute atomic E-state index is 0.0988. The van der Waals surface area contributed by atoms with Crippen molar-refractivity contribution in [2.24, 2.45) is 0 Å². The third kappa shape index (κ3) is 3.84. The summed E-state index contributed by atoms with van der Waals surface area (Å²) in [5.74, 6) is -0.222. The Labute approximate surface area is 149 Å². The van der Waals surface area contributed by atoms with Gasteiger partial charge in [-0.05, 0) is 30.3 Å². The van der Waals surface area contributed by atoms with E-state index in [1.807, 2.05) is 16.8 Å². The van der Waals surface area contributed by atoms with Gasteiger partial charge in [0.2, 0.25) is 0 Å². The Balaban J connectivity index is 1.73. The summed E-state index contributed by atoms with van der Waals surface area (Å²) in [6.07, 6.45) is 4.53. The Morgan fingerprint density at radius 2 is 2.12 bits per heavy atom. The van der Waals surface area contributed by atoms with E-state index in [0.29, 0.717) is 18.9 Å². The molecule has 8 nitrogen and oxygen atoms in total. The van der Waals surface area contributed by atoms with Crippen LogP contribution in [0.25, 0.3) is 10.9 Å². The SMILES string of the molecule is CS(=O)(=O)c1cccc(OCCn2ccc3cnc(C(=O)NO)cc32)c1. The predicted molar refractivity (Wildman–Crippen MR) is 94.0 cm³/mol. The number of carbonyl (C=O) groups is 1. The number of nitrogens with zero attached hydrogens (tertiary/aromatic N) is 2. The fraction of sp³-hybridized carbons (Fsp3) is 0.176. The molecule has 0 saturated heterocycles. The van der Waals surface area contributed by atoms with Crippen LogP contribution in [0.2, 0.25) is 0 Å². The van der Waals surface area contributed by atoms with Gasteiger partial charge in [0.05, 0.1) is 17.0 Å². The molecule has 1 amide bonds. The zero-order valence-corrected chi connectivity index (χ0v) is 14.7. The van der Waals surface area contributed by atoms with E-state index in [1.54, 1.807) is 29.9 Å². The highest BCUT2D eigenvalue weighted by molar-refractivity contribution is 7.90. The lowest BCUT2D eigenvalue weighted by Crippen LogP contribution is -2.19. The van der Waals surface area contributed by atoms with E-state index in [9.17, 15) is 13.2 Å². The molecule has 0 spiro atoms. The van der Waals surface area contributed by atoms with Crippen LogP contribution < -0.4 is 10.2 Å². The van der Waals surface area contributed by atoms with Crippen LogP contribution in [0.3, 0.4) is 0 Å². The van der Waals surface area contributed by atoms with Crippen LogP contribution in [0.5, 0.6) is 5.75 Å². The second kappa shape index (κ2) is 7.14. The van der Waals surface area contributed by atoms with Gasteiger partial charge < -0.3 is 9.30 Å². The largest absolute Gasteiger partial charge is 0.492 e. The molecule has 136 valence electrons. The summed E-state index contributed by atoms with van der Waals surface area (Å²) in [5, 5.41) is 9.56. The molecule has 1 aromatic carbocycles. The van der Waals surface area contributed by atoms with Crippen molar-refractivity contribution in [1.29, 1.82) is 0 Å². The molecule has 0 aliphatic heterocycles. The first-order valence-electron chi connectivity index (χ1n) is 7.71. The van der Waals surface area contributed by atoms with Gasteiger partial charge >= 0.3 is 0 Å². The average molecular weight is 375 g/mol. The monoisotopic (exact) mass is 375 g/mol. The maximum absolute atomic E-state index is 11.6. The molecule has 0 aliphatic rings. The van der Waals surface area contributed by atoms with Gasteiger partial charge in [0, 0.05) is 24.0 Å². The second-order valence-corrected chi connectivity index (χ2v) is 7.69. The smallest absolute Gasteiger partial charge is 0.293 e. The number of benzene rings is 1. The van der Waals surface area contributed by atoms with Gasteiger partial charge in [-0.2, -0.15) is 0 Å². The molecule has 0 atom stereocenters. The van der Waals surface area contributed by atoms with Crippen molar-refractivity contribution in [1.82, 2.24) is 15.0 Å². The average Bonchev–Trinajstić information content (AvgIpc) is 3.03. The summed E-state index contributed by atoms with van der Waals surface area (Å²) < 4.78 is 30.7. The summed E-state index contributed by atoms with van der Waals surface area (Å²) in [4.78, 5) is 15.7. The molecular formula is C17H17N3O5S. The summed E-state index contributed by atoms with van der Waals surface area (Å²) in [5.41, 5.74) is 2.42. The van der Waals surface area contributed by atoms with Crippen LogP contribution in [-0.4, -0.2) is 41.9 Å². The molecule has 3 rings (SSSR count). The number of fused-ring (bicyclic) bond motifs is 1. The first-order chi connectivity index (χ1) is 12.4. The number of hydrogen-bond acceptors (Lipinski definition) is 6. The highest BCUT2D eigenvalue weighted by Crippen LogP contribution is 2.19. The van der Waals surface area contributed by atoms with Crippen LogP contribution >= 0.6 is 0 Å². The van der Waals surface area contributed by atoms with E-state index in [2.05, 4.69) is 4.98 Å². The van der Waals surface area contributed by atoms with Crippen molar-refractivity contribution in [2.75, 3.05) is 12.9 Å². The van der Waals surface area contributed by atoms with E-state index in [1.165, 1.54) is 12.1 Å². The number of ether oxygens (including phenoxy) is 1. The van der Waals surface area contributed by atoms with E-state index in [4.69, 9.17) is 9.94 Å². The number of carbonyl (C=O) groups excluding carboxylic acids is 1. The van der Waals surface area contributed by atoms with Gasteiger partial charge in [-0.15, -0.1) is 0 Å². The Kier molecular flexibility index (Phi) is 4.92. The molecule has 0 bridgehead atoms. The van der Waals surface area contributed by atoms with Crippen molar-refractivity contribution < 1.29 is 23.2 Å². The highest BCUT2D eigenvalue weighted by Gasteiger charge is 2.10. The molecule has 0 saturated carbocycles. The van der Waals surface area contributed by atoms with Crippen LogP contribution in [0, 0.1) is 0 Å². The Hall–Kier alpha value is -2.91. The summed E-state index contributed by atoms with van der Waals surface area (Å²) in [6, 6.07) is 9.75. The Morgan fingerprint density at radius 1 is 1.31 bits per heavy atom. The first-order valence-corrected chi connectivity index (χ1v) is 9.60. The molecule has 0 unspecified atom stereocenters. The predicted octanol–water partition coefficient (Wildman–Crippen LogP) is 1.64. The Morgan fingerprint density at radius 3 is 2.85 bits per heavy atom. The number of hydroxylamine groups is 1. The minimum atomic E-state index is -3.29. The maximum atomic E-state index is 11.6. The van der Waals surface area contributed by atoms with Gasteiger partial charge in [0.15, 0.2) is 9.84 Å². The van der Waals surface area contributed by atoms with Gasteiger partial charge in [-0.25, -0.2) is 13.9 Å². The third-order valence-corrected chi connectivity index (χ3v) is 4.93. The Bertz CT molecular complexity index is 1060. The molecule has 2 aromatic heterocycles.